The van der Waals surface area contributed by atoms with E-state index in [1.807, 2.05) is 6.07 Å². The fourth-order valence-electron chi connectivity index (χ4n) is 4.65. The van der Waals surface area contributed by atoms with Gasteiger partial charge in [-0.3, -0.25) is 4.90 Å². The van der Waals surface area contributed by atoms with Gasteiger partial charge in [-0.2, -0.15) is 0 Å². The van der Waals surface area contributed by atoms with Crippen molar-refractivity contribution in [3.05, 3.63) is 48.2 Å². The second kappa shape index (κ2) is 11.1. The lowest BCUT2D eigenvalue weighted by atomic mass is 9.76. The molecule has 0 amide bonds. The first-order chi connectivity index (χ1) is 17.2. The molecule has 0 bridgehead atoms. The molecule has 1 atom stereocenters. The topological polar surface area (TPSA) is 125 Å². The maximum Gasteiger partial charge on any atom is 0.172 e. The van der Waals surface area contributed by atoms with Crippen LogP contribution in [0.4, 0.5) is 21.7 Å². The Kier molecular flexibility index (Phi) is 7.95. The number of halogens is 1. The van der Waals surface area contributed by atoms with E-state index in [0.29, 0.717) is 40.9 Å². The van der Waals surface area contributed by atoms with E-state index >= 15 is 0 Å². The van der Waals surface area contributed by atoms with Crippen LogP contribution in [-0.4, -0.2) is 62.4 Å². The molecular formula is C26H35FN8O. The van der Waals surface area contributed by atoms with Gasteiger partial charge in [-0.15, -0.1) is 10.2 Å². The maximum atomic E-state index is 14.4. The second-order valence-corrected chi connectivity index (χ2v) is 10.0. The Morgan fingerprint density at radius 3 is 2.58 bits per heavy atom. The standard InChI is InChI=1S/C26H35FN8O/c1-15(2)12-35(13-16(3)28)18-7-17(8-18)22-11-25(31-14-30-22)32-24-10-23(33-34-26(24)29-4)20-9-19(36)5-6-21(20)27/h5-6,9-11,14-18,36H,7-8,12-13,28H2,1-4H3,(H,29,34)(H,30,31,32,33). The van der Waals surface area contributed by atoms with E-state index in [4.69, 9.17) is 5.73 Å². The first-order valence-electron chi connectivity index (χ1n) is 12.4. The Bertz CT molecular complexity index is 1170. The highest BCUT2D eigenvalue weighted by molar-refractivity contribution is 5.75. The molecule has 1 aromatic carbocycles. The van der Waals surface area contributed by atoms with Gasteiger partial charge in [-0.25, -0.2) is 14.4 Å². The molecular weight excluding hydrogens is 459 g/mol. The minimum atomic E-state index is -0.496. The summed E-state index contributed by atoms with van der Waals surface area (Å²) in [5.74, 6) is 1.51. The van der Waals surface area contributed by atoms with Crippen LogP contribution in [0.3, 0.4) is 0 Å². The summed E-state index contributed by atoms with van der Waals surface area (Å²) in [6.45, 7) is 8.47. The molecule has 2 heterocycles. The molecule has 1 saturated carbocycles. The predicted octanol–water partition coefficient (Wildman–Crippen LogP) is 4.11. The van der Waals surface area contributed by atoms with Crippen molar-refractivity contribution >= 4 is 17.3 Å². The fraction of sp³-hybridized carbons (Fsp3) is 0.462. The first kappa shape index (κ1) is 25.7. The minimum absolute atomic E-state index is 0.0486. The highest BCUT2D eigenvalue weighted by Crippen LogP contribution is 2.40. The van der Waals surface area contributed by atoms with Crippen LogP contribution >= 0.6 is 0 Å². The van der Waals surface area contributed by atoms with Gasteiger partial charge in [0.1, 0.15) is 23.7 Å². The molecule has 1 unspecified atom stereocenters. The number of phenols is 1. The van der Waals surface area contributed by atoms with Crippen LogP contribution in [0.5, 0.6) is 5.75 Å². The number of hydrogen-bond acceptors (Lipinski definition) is 9. The Morgan fingerprint density at radius 1 is 1.11 bits per heavy atom. The van der Waals surface area contributed by atoms with Crippen molar-refractivity contribution in [3.8, 4) is 17.0 Å². The van der Waals surface area contributed by atoms with Gasteiger partial charge in [-0.05, 0) is 49.9 Å². The lowest BCUT2D eigenvalue weighted by Crippen LogP contribution is -2.49. The normalized spacial score (nSPS) is 18.2. The summed E-state index contributed by atoms with van der Waals surface area (Å²) in [7, 11) is 1.73. The van der Waals surface area contributed by atoms with Crippen LogP contribution in [0, 0.1) is 11.7 Å². The summed E-state index contributed by atoms with van der Waals surface area (Å²) in [5, 5.41) is 24.3. The van der Waals surface area contributed by atoms with Crippen LogP contribution in [0.15, 0.2) is 36.7 Å². The van der Waals surface area contributed by atoms with Gasteiger partial charge < -0.3 is 21.5 Å². The van der Waals surface area contributed by atoms with Gasteiger partial charge in [0.05, 0.1) is 11.4 Å². The van der Waals surface area contributed by atoms with Crippen LogP contribution in [-0.2, 0) is 0 Å². The average molecular weight is 495 g/mol. The first-order valence-corrected chi connectivity index (χ1v) is 12.4. The molecule has 1 aliphatic rings. The Hall–Kier alpha value is -3.37. The molecule has 0 radical (unpaired) electrons. The highest BCUT2D eigenvalue weighted by atomic mass is 19.1. The number of aromatic nitrogens is 4. The smallest absolute Gasteiger partial charge is 0.172 e. The lowest BCUT2D eigenvalue weighted by molar-refractivity contribution is 0.0902. The molecule has 36 heavy (non-hydrogen) atoms. The van der Waals surface area contributed by atoms with Crippen LogP contribution in [0.2, 0.25) is 0 Å². The largest absolute Gasteiger partial charge is 0.508 e. The van der Waals surface area contributed by atoms with E-state index in [2.05, 4.69) is 56.5 Å². The van der Waals surface area contributed by atoms with Crippen LogP contribution in [0.25, 0.3) is 11.3 Å². The third-order valence-corrected chi connectivity index (χ3v) is 6.38. The van der Waals surface area contributed by atoms with Crippen molar-refractivity contribution in [2.45, 2.75) is 51.6 Å². The molecule has 1 fully saturated rings. The molecule has 192 valence electrons. The Morgan fingerprint density at radius 2 is 1.89 bits per heavy atom. The van der Waals surface area contributed by atoms with E-state index in [0.717, 1.165) is 31.6 Å². The van der Waals surface area contributed by atoms with Crippen molar-refractivity contribution in [1.82, 2.24) is 25.1 Å². The van der Waals surface area contributed by atoms with E-state index in [-0.39, 0.29) is 17.4 Å². The zero-order chi connectivity index (χ0) is 25.8. The fourth-order valence-corrected chi connectivity index (χ4v) is 4.65. The zero-order valence-electron chi connectivity index (χ0n) is 21.2. The third-order valence-electron chi connectivity index (χ3n) is 6.38. The van der Waals surface area contributed by atoms with Gasteiger partial charge >= 0.3 is 0 Å². The summed E-state index contributed by atoms with van der Waals surface area (Å²) >= 11 is 0. The number of nitrogens with zero attached hydrogens (tertiary/aromatic N) is 5. The molecule has 4 rings (SSSR count). The number of phenolic OH excluding ortho intramolecular Hbond substituents is 1. The van der Waals surface area contributed by atoms with Gasteiger partial charge in [0.2, 0.25) is 0 Å². The Labute approximate surface area is 211 Å². The van der Waals surface area contributed by atoms with Crippen molar-refractivity contribution < 1.29 is 9.50 Å². The summed E-state index contributed by atoms with van der Waals surface area (Å²) in [6, 6.07) is 8.10. The molecule has 9 nitrogen and oxygen atoms in total. The summed E-state index contributed by atoms with van der Waals surface area (Å²) in [6.07, 6.45) is 3.63. The summed E-state index contributed by atoms with van der Waals surface area (Å²) in [5.41, 5.74) is 8.12. The number of hydrogen-bond donors (Lipinski definition) is 4. The van der Waals surface area contributed by atoms with Gasteiger partial charge in [-0.1, -0.05) is 13.8 Å². The van der Waals surface area contributed by atoms with Gasteiger partial charge in [0.25, 0.3) is 0 Å². The van der Waals surface area contributed by atoms with Crippen LogP contribution in [0.1, 0.15) is 45.2 Å². The number of nitrogens with two attached hydrogens (primary N) is 1. The number of benzene rings is 1. The zero-order valence-corrected chi connectivity index (χ0v) is 21.2. The minimum Gasteiger partial charge on any atom is -0.508 e. The number of aromatic hydroxyl groups is 1. The SMILES string of the molecule is CNc1nnc(-c2cc(O)ccc2F)cc1Nc1cc(C2CC(N(CC(C)C)CC(C)N)C2)ncn1. The van der Waals surface area contributed by atoms with Crippen LogP contribution < -0.4 is 16.4 Å². The predicted molar refractivity (Wildman–Crippen MR) is 140 cm³/mol. The van der Waals surface area contributed by atoms with E-state index < -0.39 is 5.82 Å². The lowest BCUT2D eigenvalue weighted by Gasteiger charge is -2.44. The van der Waals surface area contributed by atoms with Gasteiger partial charge in [0.15, 0.2) is 5.82 Å². The Balaban J connectivity index is 1.50. The quantitative estimate of drug-likeness (QED) is 0.329. The van der Waals surface area contributed by atoms with Crippen molar-refractivity contribution in [1.29, 1.82) is 0 Å². The van der Waals surface area contributed by atoms with E-state index in [1.165, 1.54) is 18.2 Å². The summed E-state index contributed by atoms with van der Waals surface area (Å²) < 4.78 is 14.4. The average Bonchev–Trinajstić information content (AvgIpc) is 2.79. The molecule has 5 N–H and O–H groups in total. The third kappa shape index (κ3) is 6.06. The van der Waals surface area contributed by atoms with E-state index in [1.54, 1.807) is 19.4 Å². The number of anilines is 3. The molecule has 0 spiro atoms. The van der Waals surface area contributed by atoms with E-state index in [9.17, 15) is 9.50 Å². The molecule has 0 aliphatic heterocycles. The molecule has 10 heteroatoms. The van der Waals surface area contributed by atoms with Gasteiger partial charge in [0, 0.05) is 55.5 Å². The molecule has 2 aromatic heterocycles. The molecule has 0 saturated heterocycles. The monoisotopic (exact) mass is 494 g/mol. The second-order valence-electron chi connectivity index (χ2n) is 10.0. The van der Waals surface area contributed by atoms with Crippen molar-refractivity contribution in [2.24, 2.45) is 11.7 Å². The summed E-state index contributed by atoms with van der Waals surface area (Å²) in [4.78, 5) is 11.4. The number of nitrogens with one attached hydrogen (secondary N) is 2. The maximum absolute atomic E-state index is 14.4. The molecule has 3 aromatic rings. The van der Waals surface area contributed by atoms with Crippen molar-refractivity contribution in [3.63, 3.8) is 0 Å². The highest BCUT2D eigenvalue weighted by Gasteiger charge is 2.36. The number of rotatable bonds is 10. The molecule has 1 aliphatic carbocycles. The van der Waals surface area contributed by atoms with Crippen molar-refractivity contribution in [2.75, 3.05) is 30.8 Å².